The second kappa shape index (κ2) is 9.16. The number of aryl methyl sites for hydroxylation is 1. The summed E-state index contributed by atoms with van der Waals surface area (Å²) in [4.78, 5) is 5.64. The van der Waals surface area contributed by atoms with Crippen molar-refractivity contribution in [3.8, 4) is 0 Å². The van der Waals surface area contributed by atoms with Crippen molar-refractivity contribution in [2.24, 2.45) is 0 Å². The maximum Gasteiger partial charge on any atom is 0.0442 e. The van der Waals surface area contributed by atoms with Gasteiger partial charge in [0.05, 0.1) is 0 Å². The van der Waals surface area contributed by atoms with Crippen LogP contribution >= 0.6 is 36.2 Å². The standard InChI is InChI=1S/C13H22N2S.2ClH/c1-3-4-12(13-6-5-11(2)16-13)15-9-7-14-8-10-15;;/h5-6,12,14H,3-4,7-10H2,1-2H3;2*1H/t12-;;/m0../s1. The molecule has 1 aromatic heterocycles. The normalized spacial score (nSPS) is 17.7. The monoisotopic (exact) mass is 310 g/mol. The van der Waals surface area contributed by atoms with Crippen LogP contribution in [-0.4, -0.2) is 31.1 Å². The lowest BCUT2D eigenvalue weighted by Gasteiger charge is -2.34. The maximum atomic E-state index is 3.43. The van der Waals surface area contributed by atoms with Gasteiger partial charge in [0.25, 0.3) is 0 Å². The lowest BCUT2D eigenvalue weighted by atomic mass is 10.1. The minimum Gasteiger partial charge on any atom is -0.314 e. The third kappa shape index (κ3) is 4.71. The maximum absolute atomic E-state index is 3.43. The summed E-state index contributed by atoms with van der Waals surface area (Å²) < 4.78 is 0. The third-order valence-electron chi connectivity index (χ3n) is 3.24. The van der Waals surface area contributed by atoms with Crippen molar-refractivity contribution in [2.75, 3.05) is 26.2 Å². The number of halogens is 2. The molecule has 1 aliphatic heterocycles. The Morgan fingerprint density at radius 1 is 1.28 bits per heavy atom. The van der Waals surface area contributed by atoms with Crippen molar-refractivity contribution in [1.29, 1.82) is 0 Å². The van der Waals surface area contributed by atoms with Gasteiger partial charge in [0.1, 0.15) is 0 Å². The van der Waals surface area contributed by atoms with Crippen molar-refractivity contribution in [1.82, 2.24) is 10.2 Å². The molecule has 1 atom stereocenters. The Morgan fingerprint density at radius 3 is 2.44 bits per heavy atom. The molecule has 5 heteroatoms. The molecule has 1 aliphatic rings. The van der Waals surface area contributed by atoms with Crippen molar-refractivity contribution in [2.45, 2.75) is 32.7 Å². The van der Waals surface area contributed by atoms with Crippen LogP contribution in [0.1, 0.15) is 35.6 Å². The predicted molar refractivity (Wildman–Crippen MR) is 85.6 cm³/mol. The number of hydrogen-bond acceptors (Lipinski definition) is 3. The van der Waals surface area contributed by atoms with E-state index in [1.54, 1.807) is 4.88 Å². The molecule has 0 spiro atoms. The van der Waals surface area contributed by atoms with Gasteiger partial charge in [-0.05, 0) is 25.5 Å². The predicted octanol–water partition coefficient (Wildman–Crippen LogP) is 3.65. The zero-order chi connectivity index (χ0) is 11.4. The Kier molecular flexibility index (Phi) is 9.26. The second-order valence-electron chi connectivity index (χ2n) is 4.54. The summed E-state index contributed by atoms with van der Waals surface area (Å²) in [6, 6.07) is 5.23. The summed E-state index contributed by atoms with van der Waals surface area (Å²) in [6.07, 6.45) is 2.56. The van der Waals surface area contributed by atoms with Crippen LogP contribution in [0, 0.1) is 6.92 Å². The SMILES string of the molecule is CCC[C@@H](c1ccc(C)s1)N1CCNCC1.Cl.Cl. The van der Waals surface area contributed by atoms with Crippen LogP contribution in [-0.2, 0) is 0 Å². The molecule has 2 rings (SSSR count). The largest absolute Gasteiger partial charge is 0.314 e. The molecule has 1 aromatic rings. The van der Waals surface area contributed by atoms with E-state index in [1.807, 2.05) is 11.3 Å². The summed E-state index contributed by atoms with van der Waals surface area (Å²) in [5.41, 5.74) is 0. The highest BCUT2D eigenvalue weighted by Crippen LogP contribution is 2.31. The van der Waals surface area contributed by atoms with E-state index in [1.165, 1.54) is 30.8 Å². The highest BCUT2D eigenvalue weighted by molar-refractivity contribution is 7.12. The number of nitrogens with zero attached hydrogens (tertiary/aromatic N) is 1. The van der Waals surface area contributed by atoms with Gasteiger partial charge in [-0.2, -0.15) is 0 Å². The minimum atomic E-state index is 0. The van der Waals surface area contributed by atoms with E-state index >= 15 is 0 Å². The van der Waals surface area contributed by atoms with Gasteiger partial charge in [-0.3, -0.25) is 4.90 Å². The van der Waals surface area contributed by atoms with Gasteiger partial charge >= 0.3 is 0 Å². The Hall–Kier alpha value is 0.200. The molecule has 106 valence electrons. The fraction of sp³-hybridized carbons (Fsp3) is 0.692. The first-order valence-corrected chi connectivity index (χ1v) is 7.14. The van der Waals surface area contributed by atoms with Crippen molar-refractivity contribution in [3.05, 3.63) is 21.9 Å². The zero-order valence-corrected chi connectivity index (χ0v) is 13.6. The van der Waals surface area contributed by atoms with Crippen LogP contribution in [0.15, 0.2) is 12.1 Å². The Bertz CT molecular complexity index is 325. The molecule has 1 fully saturated rings. The molecule has 1 N–H and O–H groups in total. The van der Waals surface area contributed by atoms with E-state index in [0.29, 0.717) is 6.04 Å². The molecule has 0 saturated carbocycles. The summed E-state index contributed by atoms with van der Waals surface area (Å²) >= 11 is 1.97. The van der Waals surface area contributed by atoms with Gasteiger partial charge in [0.15, 0.2) is 0 Å². The Labute approximate surface area is 127 Å². The van der Waals surface area contributed by atoms with Gasteiger partial charge in [-0.25, -0.2) is 0 Å². The van der Waals surface area contributed by atoms with Gasteiger partial charge in [-0.15, -0.1) is 36.2 Å². The average Bonchev–Trinajstić information content (AvgIpc) is 2.74. The van der Waals surface area contributed by atoms with Crippen LogP contribution < -0.4 is 5.32 Å². The molecule has 0 radical (unpaired) electrons. The van der Waals surface area contributed by atoms with Crippen LogP contribution in [0.4, 0.5) is 0 Å². The van der Waals surface area contributed by atoms with Crippen LogP contribution in [0.25, 0.3) is 0 Å². The number of thiophene rings is 1. The number of hydrogen-bond donors (Lipinski definition) is 1. The molecule has 0 bridgehead atoms. The van der Waals surface area contributed by atoms with Crippen LogP contribution in [0.3, 0.4) is 0 Å². The number of rotatable bonds is 4. The average molecular weight is 311 g/mol. The molecular formula is C13H24Cl2N2S. The van der Waals surface area contributed by atoms with E-state index in [9.17, 15) is 0 Å². The Balaban J connectivity index is 0.00000144. The molecule has 0 amide bonds. The highest BCUT2D eigenvalue weighted by atomic mass is 35.5. The molecule has 1 saturated heterocycles. The molecule has 0 aliphatic carbocycles. The van der Waals surface area contributed by atoms with E-state index in [4.69, 9.17) is 0 Å². The first kappa shape index (κ1) is 18.2. The quantitative estimate of drug-likeness (QED) is 0.913. The van der Waals surface area contributed by atoms with Gasteiger partial charge < -0.3 is 5.32 Å². The van der Waals surface area contributed by atoms with Gasteiger partial charge in [-0.1, -0.05) is 13.3 Å². The minimum absolute atomic E-state index is 0. The molecule has 0 aromatic carbocycles. The summed E-state index contributed by atoms with van der Waals surface area (Å²) in [6.45, 7) is 9.17. The first-order valence-electron chi connectivity index (χ1n) is 6.32. The van der Waals surface area contributed by atoms with Crippen molar-refractivity contribution in [3.63, 3.8) is 0 Å². The van der Waals surface area contributed by atoms with Crippen LogP contribution in [0.5, 0.6) is 0 Å². The van der Waals surface area contributed by atoms with Crippen molar-refractivity contribution >= 4 is 36.2 Å². The van der Waals surface area contributed by atoms with Crippen LogP contribution in [0.2, 0.25) is 0 Å². The number of nitrogens with one attached hydrogen (secondary N) is 1. The number of piperazine rings is 1. The van der Waals surface area contributed by atoms with E-state index in [2.05, 4.69) is 36.2 Å². The van der Waals surface area contributed by atoms with Crippen molar-refractivity contribution < 1.29 is 0 Å². The smallest absolute Gasteiger partial charge is 0.0442 e. The summed E-state index contributed by atoms with van der Waals surface area (Å²) in [5.74, 6) is 0. The zero-order valence-electron chi connectivity index (χ0n) is 11.1. The summed E-state index contributed by atoms with van der Waals surface area (Å²) in [7, 11) is 0. The topological polar surface area (TPSA) is 15.3 Å². The molecule has 2 heterocycles. The summed E-state index contributed by atoms with van der Waals surface area (Å²) in [5, 5.41) is 3.43. The fourth-order valence-electron chi connectivity index (χ4n) is 2.40. The van der Waals surface area contributed by atoms with E-state index in [0.717, 1.165) is 13.1 Å². The Morgan fingerprint density at radius 2 is 1.94 bits per heavy atom. The fourth-order valence-corrected chi connectivity index (χ4v) is 3.45. The lowest BCUT2D eigenvalue weighted by molar-refractivity contribution is 0.167. The van der Waals surface area contributed by atoms with Gasteiger partial charge in [0, 0.05) is 42.0 Å². The van der Waals surface area contributed by atoms with E-state index < -0.39 is 0 Å². The molecule has 18 heavy (non-hydrogen) atoms. The molecule has 0 unspecified atom stereocenters. The molecule has 2 nitrogen and oxygen atoms in total. The van der Waals surface area contributed by atoms with Gasteiger partial charge in [0.2, 0.25) is 0 Å². The first-order chi connectivity index (χ1) is 7.81. The van der Waals surface area contributed by atoms with E-state index in [-0.39, 0.29) is 24.8 Å². The third-order valence-corrected chi connectivity index (χ3v) is 4.35. The second-order valence-corrected chi connectivity index (χ2v) is 5.86. The lowest BCUT2D eigenvalue weighted by Crippen LogP contribution is -2.44. The molecular weight excluding hydrogens is 287 g/mol. The highest BCUT2D eigenvalue weighted by Gasteiger charge is 2.22.